The molecule has 0 aromatic heterocycles. The molecule has 0 saturated carbocycles. The van der Waals surface area contributed by atoms with Crippen molar-refractivity contribution in [3.05, 3.63) is 59.7 Å². The van der Waals surface area contributed by atoms with Crippen LogP contribution in [-0.4, -0.2) is 22.7 Å². The number of aliphatic hydroxyl groups excluding tert-OH is 1. The standard InChI is InChI=1S/C18H18N2O4/c1-11(21)19-15-7-3-13(4-8-15)17(23)18(24)14-5-9-16(10-6-14)20-12(2)22/h3-10,17,23H,1-2H3,(H,19,21)(H,20,22)/t17-/m0/s1. The lowest BCUT2D eigenvalue weighted by Gasteiger charge is -2.11. The molecule has 1 atom stereocenters. The number of rotatable bonds is 5. The van der Waals surface area contributed by atoms with Crippen molar-refractivity contribution in [2.24, 2.45) is 0 Å². The maximum absolute atomic E-state index is 12.3. The highest BCUT2D eigenvalue weighted by Crippen LogP contribution is 2.21. The molecular formula is C18H18N2O4. The minimum absolute atomic E-state index is 0.196. The van der Waals surface area contributed by atoms with Crippen molar-refractivity contribution in [3.63, 3.8) is 0 Å². The van der Waals surface area contributed by atoms with Gasteiger partial charge in [0.1, 0.15) is 6.10 Å². The first-order chi connectivity index (χ1) is 11.4. The minimum atomic E-state index is -1.30. The summed E-state index contributed by atoms with van der Waals surface area (Å²) >= 11 is 0. The summed E-state index contributed by atoms with van der Waals surface area (Å²) in [5, 5.41) is 15.4. The van der Waals surface area contributed by atoms with Crippen LogP contribution in [-0.2, 0) is 9.59 Å². The van der Waals surface area contributed by atoms with Crippen LogP contribution in [0.3, 0.4) is 0 Å². The maximum Gasteiger partial charge on any atom is 0.221 e. The van der Waals surface area contributed by atoms with E-state index in [2.05, 4.69) is 10.6 Å². The summed E-state index contributed by atoms with van der Waals surface area (Å²) in [6.45, 7) is 2.80. The van der Waals surface area contributed by atoms with Gasteiger partial charge in [0.05, 0.1) is 0 Å². The number of aliphatic hydroxyl groups is 1. The number of Topliss-reactive ketones (excluding diaryl/α,β-unsaturated/α-hetero) is 1. The molecule has 3 N–H and O–H groups in total. The fourth-order valence-corrected chi connectivity index (χ4v) is 2.18. The van der Waals surface area contributed by atoms with E-state index in [0.717, 1.165) is 0 Å². The second-order valence-corrected chi connectivity index (χ2v) is 5.33. The van der Waals surface area contributed by atoms with Gasteiger partial charge in [-0.25, -0.2) is 0 Å². The Morgan fingerprint density at radius 2 is 1.21 bits per heavy atom. The molecule has 0 bridgehead atoms. The second-order valence-electron chi connectivity index (χ2n) is 5.33. The van der Waals surface area contributed by atoms with E-state index in [-0.39, 0.29) is 11.8 Å². The molecule has 0 unspecified atom stereocenters. The van der Waals surface area contributed by atoms with Crippen LogP contribution in [0, 0.1) is 0 Å². The summed E-state index contributed by atoms with van der Waals surface area (Å²) in [4.78, 5) is 34.3. The molecule has 0 fully saturated rings. The van der Waals surface area contributed by atoms with Crippen LogP contribution in [0.4, 0.5) is 11.4 Å². The van der Waals surface area contributed by atoms with E-state index in [9.17, 15) is 19.5 Å². The van der Waals surface area contributed by atoms with Gasteiger partial charge in [-0.3, -0.25) is 14.4 Å². The molecule has 0 aliphatic heterocycles. The molecule has 0 spiro atoms. The molecule has 2 amide bonds. The molecule has 0 radical (unpaired) electrons. The number of amides is 2. The topological polar surface area (TPSA) is 95.5 Å². The quantitative estimate of drug-likeness (QED) is 0.736. The Balaban J connectivity index is 2.11. The van der Waals surface area contributed by atoms with Crippen molar-refractivity contribution >= 4 is 29.0 Å². The van der Waals surface area contributed by atoms with Crippen LogP contribution >= 0.6 is 0 Å². The zero-order valence-corrected chi connectivity index (χ0v) is 13.4. The van der Waals surface area contributed by atoms with Crippen molar-refractivity contribution in [1.82, 2.24) is 0 Å². The summed E-state index contributed by atoms with van der Waals surface area (Å²) in [6.07, 6.45) is -1.30. The molecule has 2 aromatic rings. The van der Waals surface area contributed by atoms with Gasteiger partial charge in [-0.15, -0.1) is 0 Å². The Labute approximate surface area is 139 Å². The summed E-state index contributed by atoms with van der Waals surface area (Å²) in [6, 6.07) is 12.7. The first-order valence-electron chi connectivity index (χ1n) is 7.34. The number of hydrogen-bond donors (Lipinski definition) is 3. The predicted molar refractivity (Wildman–Crippen MR) is 90.8 cm³/mol. The third kappa shape index (κ3) is 4.50. The molecule has 124 valence electrons. The maximum atomic E-state index is 12.3. The van der Waals surface area contributed by atoms with E-state index >= 15 is 0 Å². The lowest BCUT2D eigenvalue weighted by molar-refractivity contribution is -0.115. The highest BCUT2D eigenvalue weighted by molar-refractivity contribution is 6.00. The second kappa shape index (κ2) is 7.52. The fraction of sp³-hybridized carbons (Fsp3) is 0.167. The Hall–Kier alpha value is -2.99. The van der Waals surface area contributed by atoms with Gasteiger partial charge in [0.15, 0.2) is 5.78 Å². The number of hydrogen-bond acceptors (Lipinski definition) is 4. The van der Waals surface area contributed by atoms with Crippen LogP contribution in [0.5, 0.6) is 0 Å². The largest absolute Gasteiger partial charge is 0.380 e. The smallest absolute Gasteiger partial charge is 0.221 e. The summed E-state index contributed by atoms with van der Waals surface area (Å²) in [5.41, 5.74) is 1.93. The van der Waals surface area contributed by atoms with Gasteiger partial charge in [0.25, 0.3) is 0 Å². The lowest BCUT2D eigenvalue weighted by Crippen LogP contribution is -2.13. The van der Waals surface area contributed by atoms with E-state index in [4.69, 9.17) is 0 Å². The Morgan fingerprint density at radius 3 is 1.62 bits per heavy atom. The SMILES string of the molecule is CC(=O)Nc1ccc(C(=O)[C@@H](O)c2ccc(NC(C)=O)cc2)cc1. The van der Waals surface area contributed by atoms with E-state index in [1.165, 1.54) is 13.8 Å². The van der Waals surface area contributed by atoms with Gasteiger partial charge < -0.3 is 15.7 Å². The normalized spacial score (nSPS) is 11.5. The minimum Gasteiger partial charge on any atom is -0.380 e. The molecular weight excluding hydrogens is 308 g/mol. The van der Waals surface area contributed by atoms with Crippen LogP contribution < -0.4 is 10.6 Å². The van der Waals surface area contributed by atoms with Crippen molar-refractivity contribution in [3.8, 4) is 0 Å². The molecule has 0 saturated heterocycles. The van der Waals surface area contributed by atoms with Crippen LogP contribution in [0.1, 0.15) is 35.9 Å². The van der Waals surface area contributed by atoms with Crippen molar-refractivity contribution < 1.29 is 19.5 Å². The first-order valence-corrected chi connectivity index (χ1v) is 7.34. The molecule has 2 rings (SSSR count). The number of carbonyl (C=O) groups excluding carboxylic acids is 3. The van der Waals surface area contributed by atoms with Gasteiger partial charge in [-0.2, -0.15) is 0 Å². The zero-order chi connectivity index (χ0) is 17.7. The van der Waals surface area contributed by atoms with Gasteiger partial charge in [-0.1, -0.05) is 12.1 Å². The van der Waals surface area contributed by atoms with Crippen LogP contribution in [0.25, 0.3) is 0 Å². The summed E-state index contributed by atoms with van der Waals surface area (Å²) < 4.78 is 0. The molecule has 6 nitrogen and oxygen atoms in total. The van der Waals surface area contributed by atoms with E-state index in [1.807, 2.05) is 0 Å². The van der Waals surface area contributed by atoms with Gasteiger partial charge in [0, 0.05) is 30.8 Å². The van der Waals surface area contributed by atoms with Crippen LogP contribution in [0.2, 0.25) is 0 Å². The summed E-state index contributed by atoms with van der Waals surface area (Å²) in [7, 11) is 0. The van der Waals surface area contributed by atoms with E-state index in [0.29, 0.717) is 22.5 Å². The number of nitrogens with one attached hydrogen (secondary N) is 2. The molecule has 0 aliphatic rings. The van der Waals surface area contributed by atoms with Crippen molar-refractivity contribution in [1.29, 1.82) is 0 Å². The highest BCUT2D eigenvalue weighted by atomic mass is 16.3. The Bertz CT molecular complexity index is 752. The van der Waals surface area contributed by atoms with Crippen molar-refractivity contribution in [2.75, 3.05) is 10.6 Å². The van der Waals surface area contributed by atoms with E-state index < -0.39 is 11.9 Å². The third-order valence-electron chi connectivity index (χ3n) is 3.28. The van der Waals surface area contributed by atoms with E-state index in [1.54, 1.807) is 48.5 Å². The van der Waals surface area contributed by atoms with Gasteiger partial charge >= 0.3 is 0 Å². The van der Waals surface area contributed by atoms with Gasteiger partial charge in [0.2, 0.25) is 11.8 Å². The molecule has 6 heteroatoms. The Kier molecular flexibility index (Phi) is 5.44. The highest BCUT2D eigenvalue weighted by Gasteiger charge is 2.19. The molecule has 0 heterocycles. The predicted octanol–water partition coefficient (Wildman–Crippen LogP) is 2.52. The first kappa shape index (κ1) is 17.4. The number of carbonyl (C=O) groups is 3. The average Bonchev–Trinajstić information content (AvgIpc) is 2.54. The fourth-order valence-electron chi connectivity index (χ4n) is 2.18. The third-order valence-corrected chi connectivity index (χ3v) is 3.28. The zero-order valence-electron chi connectivity index (χ0n) is 13.4. The number of anilines is 2. The molecule has 2 aromatic carbocycles. The Morgan fingerprint density at radius 1 is 0.792 bits per heavy atom. The lowest BCUT2D eigenvalue weighted by atomic mass is 9.99. The molecule has 0 aliphatic carbocycles. The van der Waals surface area contributed by atoms with Crippen LogP contribution in [0.15, 0.2) is 48.5 Å². The number of ketones is 1. The van der Waals surface area contributed by atoms with Crippen molar-refractivity contribution in [2.45, 2.75) is 20.0 Å². The van der Waals surface area contributed by atoms with Gasteiger partial charge in [-0.05, 0) is 42.0 Å². The molecule has 24 heavy (non-hydrogen) atoms. The number of benzene rings is 2. The average molecular weight is 326 g/mol. The summed E-state index contributed by atoms with van der Waals surface area (Å²) in [5.74, 6) is -0.844. The monoisotopic (exact) mass is 326 g/mol.